The molecule has 0 saturated heterocycles. The lowest BCUT2D eigenvalue weighted by molar-refractivity contribution is -0.138. The number of carbonyl (C=O) groups is 1. The summed E-state index contributed by atoms with van der Waals surface area (Å²) in [6.07, 6.45) is 2.42. The van der Waals surface area contributed by atoms with Gasteiger partial charge in [-0.3, -0.25) is 9.63 Å². The molecule has 5 nitrogen and oxygen atoms in total. The van der Waals surface area contributed by atoms with Gasteiger partial charge < -0.3 is 10.8 Å². The SMILES string of the molecule is CC(CCCNOC(C)(C)C)CC(N)C(=O)O. The van der Waals surface area contributed by atoms with Crippen molar-refractivity contribution in [3.8, 4) is 0 Å². The predicted molar refractivity (Wildman–Crippen MR) is 67.5 cm³/mol. The van der Waals surface area contributed by atoms with Gasteiger partial charge in [0.15, 0.2) is 0 Å². The quantitative estimate of drug-likeness (QED) is 0.447. The van der Waals surface area contributed by atoms with Crippen molar-refractivity contribution in [3.63, 3.8) is 0 Å². The van der Waals surface area contributed by atoms with Crippen LogP contribution in [0.3, 0.4) is 0 Å². The molecule has 0 aromatic rings. The highest BCUT2D eigenvalue weighted by Gasteiger charge is 2.15. The number of aliphatic carboxylic acids is 1. The second kappa shape index (κ2) is 7.63. The third kappa shape index (κ3) is 10.2. The van der Waals surface area contributed by atoms with Gasteiger partial charge in [0.2, 0.25) is 0 Å². The summed E-state index contributed by atoms with van der Waals surface area (Å²) >= 11 is 0. The number of hydrogen-bond donors (Lipinski definition) is 3. The Morgan fingerprint density at radius 2 is 2.06 bits per heavy atom. The molecule has 17 heavy (non-hydrogen) atoms. The number of rotatable bonds is 8. The van der Waals surface area contributed by atoms with Crippen LogP contribution >= 0.6 is 0 Å². The Bertz CT molecular complexity index is 226. The topological polar surface area (TPSA) is 84.6 Å². The minimum atomic E-state index is -0.925. The van der Waals surface area contributed by atoms with Gasteiger partial charge in [-0.1, -0.05) is 6.92 Å². The number of carboxylic acids is 1. The lowest BCUT2D eigenvalue weighted by atomic mass is 9.97. The molecular formula is C12H26N2O3. The maximum absolute atomic E-state index is 10.6. The van der Waals surface area contributed by atoms with E-state index in [2.05, 4.69) is 5.48 Å². The second-order valence-electron chi connectivity index (χ2n) is 5.54. The van der Waals surface area contributed by atoms with Gasteiger partial charge >= 0.3 is 5.97 Å². The van der Waals surface area contributed by atoms with Crippen molar-refractivity contribution in [2.75, 3.05) is 6.54 Å². The summed E-state index contributed by atoms with van der Waals surface area (Å²) < 4.78 is 0. The molecular weight excluding hydrogens is 220 g/mol. The molecule has 0 radical (unpaired) electrons. The van der Waals surface area contributed by atoms with Crippen LogP contribution in [0.25, 0.3) is 0 Å². The Labute approximate surface area is 104 Å². The van der Waals surface area contributed by atoms with E-state index in [1.807, 2.05) is 27.7 Å². The molecule has 0 rings (SSSR count). The van der Waals surface area contributed by atoms with Crippen LogP contribution < -0.4 is 11.2 Å². The van der Waals surface area contributed by atoms with Gasteiger partial charge in [0.1, 0.15) is 6.04 Å². The Hall–Kier alpha value is -0.650. The molecule has 0 bridgehead atoms. The standard InChI is InChI=1S/C12H26N2O3/c1-9(8-10(13)11(15)16)6-5-7-14-17-12(2,3)4/h9-10,14H,5-8,13H2,1-4H3,(H,15,16). The summed E-state index contributed by atoms with van der Waals surface area (Å²) in [5, 5.41) is 8.67. The minimum Gasteiger partial charge on any atom is -0.480 e. The molecule has 0 aliphatic carbocycles. The number of hydroxylamine groups is 1. The number of nitrogens with two attached hydrogens (primary N) is 1. The van der Waals surface area contributed by atoms with E-state index in [9.17, 15) is 4.79 Å². The highest BCUT2D eigenvalue weighted by Crippen LogP contribution is 2.12. The molecule has 0 heterocycles. The Kier molecular flexibility index (Phi) is 7.34. The van der Waals surface area contributed by atoms with E-state index in [-0.39, 0.29) is 5.60 Å². The van der Waals surface area contributed by atoms with Crippen LogP contribution in [0, 0.1) is 5.92 Å². The van der Waals surface area contributed by atoms with Crippen molar-refractivity contribution in [1.29, 1.82) is 0 Å². The first-order valence-corrected chi connectivity index (χ1v) is 6.11. The van der Waals surface area contributed by atoms with Crippen molar-refractivity contribution < 1.29 is 14.7 Å². The molecule has 0 aliphatic rings. The van der Waals surface area contributed by atoms with Gasteiger partial charge in [-0.05, 0) is 46.0 Å². The molecule has 2 unspecified atom stereocenters. The van der Waals surface area contributed by atoms with E-state index < -0.39 is 12.0 Å². The van der Waals surface area contributed by atoms with E-state index in [0.29, 0.717) is 12.3 Å². The molecule has 0 spiro atoms. The molecule has 2 atom stereocenters. The molecule has 0 aliphatic heterocycles. The third-order valence-electron chi connectivity index (χ3n) is 2.33. The predicted octanol–water partition coefficient (Wildman–Crippen LogP) is 1.52. The fourth-order valence-corrected chi connectivity index (χ4v) is 1.44. The van der Waals surface area contributed by atoms with Gasteiger partial charge in [0.25, 0.3) is 0 Å². The molecule has 0 aromatic carbocycles. The average molecular weight is 246 g/mol. The summed E-state index contributed by atoms with van der Waals surface area (Å²) in [6, 6.07) is -0.746. The zero-order chi connectivity index (χ0) is 13.5. The van der Waals surface area contributed by atoms with Gasteiger partial charge in [-0.25, -0.2) is 5.48 Å². The zero-order valence-corrected chi connectivity index (χ0v) is 11.3. The maximum atomic E-state index is 10.6. The normalized spacial score (nSPS) is 15.6. The van der Waals surface area contributed by atoms with E-state index in [4.69, 9.17) is 15.7 Å². The summed E-state index contributed by atoms with van der Waals surface area (Å²) in [6.45, 7) is 8.73. The third-order valence-corrected chi connectivity index (χ3v) is 2.33. The van der Waals surface area contributed by atoms with Crippen molar-refractivity contribution in [3.05, 3.63) is 0 Å². The highest BCUT2D eigenvalue weighted by molar-refractivity contribution is 5.72. The summed E-state index contributed by atoms with van der Waals surface area (Å²) in [4.78, 5) is 15.9. The molecule has 0 aromatic heterocycles. The summed E-state index contributed by atoms with van der Waals surface area (Å²) in [5.41, 5.74) is 8.19. The minimum absolute atomic E-state index is 0.183. The molecule has 4 N–H and O–H groups in total. The Balaban J connectivity index is 3.52. The van der Waals surface area contributed by atoms with Crippen LogP contribution in [0.15, 0.2) is 0 Å². The highest BCUT2D eigenvalue weighted by atomic mass is 16.7. The van der Waals surface area contributed by atoms with Crippen molar-refractivity contribution >= 4 is 5.97 Å². The molecule has 5 heteroatoms. The largest absolute Gasteiger partial charge is 0.480 e. The summed E-state index contributed by atoms with van der Waals surface area (Å²) in [7, 11) is 0. The Morgan fingerprint density at radius 3 is 2.53 bits per heavy atom. The summed E-state index contributed by atoms with van der Waals surface area (Å²) in [5.74, 6) is -0.608. The lowest BCUT2D eigenvalue weighted by Crippen LogP contribution is -2.32. The van der Waals surface area contributed by atoms with E-state index >= 15 is 0 Å². The monoisotopic (exact) mass is 246 g/mol. The van der Waals surface area contributed by atoms with E-state index in [1.165, 1.54) is 0 Å². The van der Waals surface area contributed by atoms with E-state index in [1.54, 1.807) is 0 Å². The van der Waals surface area contributed by atoms with Gasteiger partial charge in [0, 0.05) is 6.54 Å². The van der Waals surface area contributed by atoms with Crippen molar-refractivity contribution in [2.24, 2.45) is 11.7 Å². The van der Waals surface area contributed by atoms with Gasteiger partial charge in [0.05, 0.1) is 5.60 Å². The number of nitrogens with one attached hydrogen (secondary N) is 1. The number of hydrogen-bond acceptors (Lipinski definition) is 4. The Morgan fingerprint density at radius 1 is 1.47 bits per heavy atom. The first kappa shape index (κ1) is 16.4. The van der Waals surface area contributed by atoms with Crippen LogP contribution in [0.5, 0.6) is 0 Å². The van der Waals surface area contributed by atoms with Crippen LogP contribution in [0.4, 0.5) is 0 Å². The zero-order valence-electron chi connectivity index (χ0n) is 11.3. The fraction of sp³-hybridized carbons (Fsp3) is 0.917. The lowest BCUT2D eigenvalue weighted by Gasteiger charge is -2.20. The van der Waals surface area contributed by atoms with Crippen molar-refractivity contribution in [1.82, 2.24) is 5.48 Å². The fourth-order valence-electron chi connectivity index (χ4n) is 1.44. The van der Waals surface area contributed by atoms with Crippen molar-refractivity contribution in [2.45, 2.75) is 58.6 Å². The van der Waals surface area contributed by atoms with Gasteiger partial charge in [-0.2, -0.15) is 0 Å². The number of carboxylic acid groups (broad SMARTS) is 1. The van der Waals surface area contributed by atoms with Crippen LogP contribution in [0.2, 0.25) is 0 Å². The molecule has 0 fully saturated rings. The van der Waals surface area contributed by atoms with Crippen LogP contribution in [0.1, 0.15) is 47.0 Å². The smallest absolute Gasteiger partial charge is 0.320 e. The van der Waals surface area contributed by atoms with E-state index in [0.717, 1.165) is 19.4 Å². The maximum Gasteiger partial charge on any atom is 0.320 e. The second-order valence-corrected chi connectivity index (χ2v) is 5.54. The van der Waals surface area contributed by atoms with Crippen LogP contribution in [-0.2, 0) is 9.63 Å². The average Bonchev–Trinajstić information content (AvgIpc) is 2.15. The van der Waals surface area contributed by atoms with Crippen LogP contribution in [-0.4, -0.2) is 29.3 Å². The van der Waals surface area contributed by atoms with Gasteiger partial charge in [-0.15, -0.1) is 0 Å². The molecule has 102 valence electrons. The molecule has 0 saturated carbocycles. The molecule has 0 amide bonds. The first-order valence-electron chi connectivity index (χ1n) is 6.11. The first-order chi connectivity index (χ1) is 7.72.